The van der Waals surface area contributed by atoms with Gasteiger partial charge >= 0.3 is 6.03 Å². The number of nitrogens with one attached hydrogen (secondary N) is 4. The summed E-state index contributed by atoms with van der Waals surface area (Å²) in [5.41, 5.74) is 1.73. The highest BCUT2D eigenvalue weighted by Crippen LogP contribution is 2.23. The Kier molecular flexibility index (Phi) is 7.34. The molecule has 0 fully saturated rings. The fourth-order valence-electron chi connectivity index (χ4n) is 2.76. The maximum absolute atomic E-state index is 12.8. The zero-order valence-corrected chi connectivity index (χ0v) is 18.6. The van der Waals surface area contributed by atoms with Gasteiger partial charge < -0.3 is 16.0 Å². The summed E-state index contributed by atoms with van der Waals surface area (Å²) >= 11 is 5.83. The van der Waals surface area contributed by atoms with Crippen molar-refractivity contribution in [1.82, 2.24) is 5.32 Å². The number of benzene rings is 3. The predicted octanol–water partition coefficient (Wildman–Crippen LogP) is 4.21. The van der Waals surface area contributed by atoms with Gasteiger partial charge in [-0.3, -0.25) is 9.52 Å². The van der Waals surface area contributed by atoms with Gasteiger partial charge in [-0.25, -0.2) is 13.2 Å². The first-order valence-corrected chi connectivity index (χ1v) is 11.4. The van der Waals surface area contributed by atoms with Crippen molar-refractivity contribution in [2.75, 3.05) is 21.9 Å². The maximum atomic E-state index is 12.8. The number of halogens is 1. The van der Waals surface area contributed by atoms with Gasteiger partial charge in [0.2, 0.25) is 5.91 Å². The van der Waals surface area contributed by atoms with E-state index in [2.05, 4.69) is 20.7 Å². The summed E-state index contributed by atoms with van der Waals surface area (Å²) in [7, 11) is -3.90. The Morgan fingerprint density at radius 3 is 2.19 bits per heavy atom. The summed E-state index contributed by atoms with van der Waals surface area (Å²) in [6.07, 6.45) is 0. The van der Waals surface area contributed by atoms with E-state index < -0.39 is 22.0 Å². The van der Waals surface area contributed by atoms with E-state index in [4.69, 9.17) is 11.6 Å². The molecule has 0 aliphatic heterocycles. The number of carbonyl (C=O) groups excluding carboxylic acids is 2. The Hall–Kier alpha value is -3.56. The van der Waals surface area contributed by atoms with E-state index in [0.717, 1.165) is 0 Å². The molecule has 3 rings (SSSR count). The number of hydrogen-bond acceptors (Lipinski definition) is 4. The number of anilines is 3. The lowest BCUT2D eigenvalue weighted by molar-refractivity contribution is -0.115. The van der Waals surface area contributed by atoms with Crippen LogP contribution in [0.2, 0.25) is 5.02 Å². The molecule has 8 nitrogen and oxygen atoms in total. The Morgan fingerprint density at radius 1 is 0.844 bits per heavy atom. The second kappa shape index (κ2) is 10.2. The number of amides is 3. The lowest BCUT2D eigenvalue weighted by atomic mass is 10.2. The molecule has 0 heterocycles. The molecule has 0 aliphatic carbocycles. The Labute approximate surface area is 191 Å². The van der Waals surface area contributed by atoms with Gasteiger partial charge in [0.25, 0.3) is 10.0 Å². The van der Waals surface area contributed by atoms with Gasteiger partial charge in [0.15, 0.2) is 0 Å². The van der Waals surface area contributed by atoms with Crippen LogP contribution in [0, 0.1) is 6.92 Å². The summed E-state index contributed by atoms with van der Waals surface area (Å²) in [4.78, 5) is 24.1. The summed E-state index contributed by atoms with van der Waals surface area (Å²) in [6, 6.07) is 19.0. The fourth-order valence-corrected chi connectivity index (χ4v) is 4.21. The minimum absolute atomic E-state index is 0.0139. The smallest absolute Gasteiger partial charge is 0.319 e. The van der Waals surface area contributed by atoms with Gasteiger partial charge in [-0.2, -0.15) is 0 Å². The Morgan fingerprint density at radius 2 is 1.50 bits per heavy atom. The predicted molar refractivity (Wildman–Crippen MR) is 126 cm³/mol. The van der Waals surface area contributed by atoms with Crippen LogP contribution in [0.15, 0.2) is 77.7 Å². The molecule has 0 unspecified atom stereocenters. The summed E-state index contributed by atoms with van der Waals surface area (Å²) in [5.74, 6) is -0.508. The topological polar surface area (TPSA) is 116 Å². The second-order valence-electron chi connectivity index (χ2n) is 6.81. The van der Waals surface area contributed by atoms with Crippen LogP contribution in [0.4, 0.5) is 21.9 Å². The van der Waals surface area contributed by atoms with Crippen LogP contribution < -0.4 is 20.7 Å². The lowest BCUT2D eigenvalue weighted by Crippen LogP contribution is -2.35. The molecule has 3 aromatic rings. The number of para-hydroxylation sites is 1. The standard InChI is InChI=1S/C22H21ClN4O4S/c1-15-7-10-19(13-20(15)32(30,31)27-18-11-8-16(23)9-12-18)25-21(28)14-24-22(29)26-17-5-3-2-4-6-17/h2-13,27H,14H2,1H3,(H,25,28)(H2,24,26,29). The molecule has 0 radical (unpaired) electrons. The molecule has 4 N–H and O–H groups in total. The minimum atomic E-state index is -3.90. The molecule has 0 spiro atoms. The molecule has 166 valence electrons. The average Bonchev–Trinajstić information content (AvgIpc) is 2.76. The summed E-state index contributed by atoms with van der Waals surface area (Å²) in [5, 5.41) is 8.11. The van der Waals surface area contributed by atoms with Crippen LogP contribution in [0.1, 0.15) is 5.56 Å². The average molecular weight is 473 g/mol. The zero-order chi connectivity index (χ0) is 23.1. The molecule has 0 aliphatic rings. The van der Waals surface area contributed by atoms with Gasteiger partial charge in [-0.1, -0.05) is 35.9 Å². The van der Waals surface area contributed by atoms with E-state index in [-0.39, 0.29) is 17.1 Å². The summed E-state index contributed by atoms with van der Waals surface area (Å²) < 4.78 is 28.1. The number of sulfonamides is 1. The van der Waals surface area contributed by atoms with Gasteiger partial charge in [0.05, 0.1) is 11.4 Å². The van der Waals surface area contributed by atoms with E-state index in [1.54, 1.807) is 67.6 Å². The highest BCUT2D eigenvalue weighted by molar-refractivity contribution is 7.92. The third-order valence-corrected chi connectivity index (χ3v) is 6.07. The zero-order valence-electron chi connectivity index (χ0n) is 17.1. The quantitative estimate of drug-likeness (QED) is 0.412. The largest absolute Gasteiger partial charge is 0.329 e. The van der Waals surface area contributed by atoms with Gasteiger partial charge in [0.1, 0.15) is 0 Å². The van der Waals surface area contributed by atoms with Crippen molar-refractivity contribution in [1.29, 1.82) is 0 Å². The van der Waals surface area contributed by atoms with Crippen molar-refractivity contribution in [3.8, 4) is 0 Å². The van der Waals surface area contributed by atoms with E-state index >= 15 is 0 Å². The van der Waals surface area contributed by atoms with Crippen LogP contribution in [0.3, 0.4) is 0 Å². The molecule has 32 heavy (non-hydrogen) atoms. The normalized spacial score (nSPS) is 10.8. The third kappa shape index (κ3) is 6.47. The molecule has 10 heteroatoms. The molecule has 0 saturated heterocycles. The molecule has 3 aromatic carbocycles. The molecule has 3 amide bonds. The minimum Gasteiger partial charge on any atom is -0.329 e. The van der Waals surface area contributed by atoms with E-state index in [1.165, 1.54) is 6.07 Å². The number of aryl methyl sites for hydroxylation is 1. The first-order chi connectivity index (χ1) is 15.2. The van der Waals surface area contributed by atoms with Crippen LogP contribution in [0.25, 0.3) is 0 Å². The van der Waals surface area contributed by atoms with Crippen LogP contribution in [-0.2, 0) is 14.8 Å². The van der Waals surface area contributed by atoms with Crippen LogP contribution >= 0.6 is 11.6 Å². The highest BCUT2D eigenvalue weighted by atomic mass is 35.5. The fraction of sp³-hybridized carbons (Fsp3) is 0.0909. The number of hydrogen-bond donors (Lipinski definition) is 4. The third-order valence-electron chi connectivity index (χ3n) is 4.30. The number of carbonyl (C=O) groups is 2. The summed E-state index contributed by atoms with van der Waals surface area (Å²) in [6.45, 7) is 1.36. The Balaban J connectivity index is 1.62. The van der Waals surface area contributed by atoms with Gasteiger partial charge in [-0.05, 0) is 61.0 Å². The van der Waals surface area contributed by atoms with Crippen molar-refractivity contribution in [2.45, 2.75) is 11.8 Å². The maximum Gasteiger partial charge on any atom is 0.319 e. The van der Waals surface area contributed by atoms with Crippen molar-refractivity contribution < 1.29 is 18.0 Å². The first-order valence-electron chi connectivity index (χ1n) is 9.52. The number of urea groups is 1. The Bertz CT molecular complexity index is 1220. The van der Waals surface area contributed by atoms with E-state index in [0.29, 0.717) is 22.0 Å². The molecular formula is C22H21ClN4O4S. The number of rotatable bonds is 7. The SMILES string of the molecule is Cc1ccc(NC(=O)CNC(=O)Nc2ccccc2)cc1S(=O)(=O)Nc1ccc(Cl)cc1. The lowest BCUT2D eigenvalue weighted by Gasteiger charge is -2.13. The van der Waals surface area contributed by atoms with Crippen molar-refractivity contribution >= 4 is 50.6 Å². The monoisotopic (exact) mass is 472 g/mol. The van der Waals surface area contributed by atoms with E-state index in [9.17, 15) is 18.0 Å². The van der Waals surface area contributed by atoms with Crippen LogP contribution in [-0.4, -0.2) is 26.9 Å². The second-order valence-corrected chi connectivity index (χ2v) is 8.90. The van der Waals surface area contributed by atoms with Gasteiger partial charge in [0, 0.05) is 22.1 Å². The van der Waals surface area contributed by atoms with Gasteiger partial charge in [-0.15, -0.1) is 0 Å². The molecule has 0 bridgehead atoms. The first kappa shape index (κ1) is 23.1. The van der Waals surface area contributed by atoms with Crippen molar-refractivity contribution in [3.63, 3.8) is 0 Å². The highest BCUT2D eigenvalue weighted by Gasteiger charge is 2.18. The van der Waals surface area contributed by atoms with E-state index in [1.807, 2.05) is 6.07 Å². The van der Waals surface area contributed by atoms with Crippen LogP contribution in [0.5, 0.6) is 0 Å². The van der Waals surface area contributed by atoms with Crippen molar-refractivity contribution in [3.05, 3.63) is 83.4 Å². The molecule has 0 aromatic heterocycles. The molecule has 0 atom stereocenters. The molecule has 0 saturated carbocycles. The molecular weight excluding hydrogens is 452 g/mol. The van der Waals surface area contributed by atoms with Crippen molar-refractivity contribution in [2.24, 2.45) is 0 Å².